The molecule has 0 aliphatic carbocycles. The van der Waals surface area contributed by atoms with Gasteiger partial charge in [-0.05, 0) is 14.0 Å². The van der Waals surface area contributed by atoms with Crippen LogP contribution in [-0.2, 0) is 9.47 Å². The average molecular weight is 171 g/mol. The van der Waals surface area contributed by atoms with E-state index in [4.69, 9.17) is 9.47 Å². The summed E-state index contributed by atoms with van der Waals surface area (Å²) >= 11 is 0. The van der Waals surface area contributed by atoms with Crippen LogP contribution < -0.4 is 5.32 Å². The zero-order chi connectivity index (χ0) is 8.97. The first-order chi connectivity index (χ1) is 5.75. The lowest BCUT2D eigenvalue weighted by molar-refractivity contribution is -0.0960. The molecule has 2 unspecified atom stereocenters. The van der Waals surface area contributed by atoms with Crippen LogP contribution in [0, 0.1) is 0 Å². The van der Waals surface area contributed by atoms with Gasteiger partial charge in [-0.1, -0.05) is 12.2 Å². The molecule has 1 fully saturated rings. The number of nitrogens with one attached hydrogen (secondary N) is 1. The highest BCUT2D eigenvalue weighted by molar-refractivity contribution is 5.05. The number of hydrogen-bond acceptors (Lipinski definition) is 3. The zero-order valence-electron chi connectivity index (χ0n) is 7.80. The van der Waals surface area contributed by atoms with Gasteiger partial charge < -0.3 is 14.8 Å². The van der Waals surface area contributed by atoms with E-state index in [2.05, 4.69) is 11.9 Å². The third-order valence-corrected chi connectivity index (χ3v) is 2.06. The molecule has 70 valence electrons. The second kappa shape index (κ2) is 4.60. The Morgan fingerprint density at radius 1 is 1.58 bits per heavy atom. The predicted molar refractivity (Wildman–Crippen MR) is 48.2 cm³/mol. The van der Waals surface area contributed by atoms with E-state index in [9.17, 15) is 0 Å². The van der Waals surface area contributed by atoms with Crippen LogP contribution in [0.3, 0.4) is 0 Å². The number of ether oxygens (including phenoxy) is 2. The summed E-state index contributed by atoms with van der Waals surface area (Å²) in [5, 5.41) is 3.17. The highest BCUT2D eigenvalue weighted by atomic mass is 16.6. The van der Waals surface area contributed by atoms with E-state index in [1.54, 1.807) is 0 Å². The van der Waals surface area contributed by atoms with Crippen LogP contribution in [0.5, 0.6) is 0 Å². The fraction of sp³-hybridized carbons (Fsp3) is 0.778. The Balaban J connectivity index is 2.46. The minimum atomic E-state index is 0.126. The standard InChI is InChI=1S/C9H17NO2/c1-7(2)9(10-3)8-6-11-4-5-12-8/h8-10H,1,4-6H2,2-3H3. The first-order valence-corrected chi connectivity index (χ1v) is 4.27. The summed E-state index contributed by atoms with van der Waals surface area (Å²) in [6.45, 7) is 7.97. The molecular weight excluding hydrogens is 154 g/mol. The van der Waals surface area contributed by atoms with E-state index >= 15 is 0 Å². The molecule has 0 amide bonds. The minimum Gasteiger partial charge on any atom is -0.376 e. The molecule has 3 nitrogen and oxygen atoms in total. The number of likely N-dealkylation sites (N-methyl/N-ethyl adjacent to an activating group) is 1. The fourth-order valence-corrected chi connectivity index (χ4v) is 1.45. The topological polar surface area (TPSA) is 30.5 Å². The largest absolute Gasteiger partial charge is 0.376 e. The summed E-state index contributed by atoms with van der Waals surface area (Å²) in [5.41, 5.74) is 1.09. The summed E-state index contributed by atoms with van der Waals surface area (Å²) in [7, 11) is 1.91. The molecule has 3 heteroatoms. The van der Waals surface area contributed by atoms with Crippen LogP contribution in [0.4, 0.5) is 0 Å². The molecule has 1 heterocycles. The molecule has 0 saturated carbocycles. The summed E-state index contributed by atoms with van der Waals surface area (Å²) in [6.07, 6.45) is 0.126. The van der Waals surface area contributed by atoms with E-state index in [1.165, 1.54) is 0 Å². The van der Waals surface area contributed by atoms with Gasteiger partial charge in [-0.25, -0.2) is 0 Å². The van der Waals surface area contributed by atoms with E-state index in [0.717, 1.165) is 5.57 Å². The van der Waals surface area contributed by atoms with Gasteiger partial charge in [0.2, 0.25) is 0 Å². The Morgan fingerprint density at radius 3 is 2.75 bits per heavy atom. The summed E-state index contributed by atoms with van der Waals surface area (Å²) in [5.74, 6) is 0. The smallest absolute Gasteiger partial charge is 0.1000 e. The Labute approximate surface area is 73.7 Å². The van der Waals surface area contributed by atoms with Gasteiger partial charge >= 0.3 is 0 Å². The SMILES string of the molecule is C=C(C)C(NC)C1COCCO1. The lowest BCUT2D eigenvalue weighted by Gasteiger charge is -2.30. The van der Waals surface area contributed by atoms with Gasteiger partial charge in [-0.15, -0.1) is 0 Å². The van der Waals surface area contributed by atoms with E-state index in [0.29, 0.717) is 19.8 Å². The van der Waals surface area contributed by atoms with Crippen molar-refractivity contribution in [2.24, 2.45) is 0 Å². The van der Waals surface area contributed by atoms with Crippen LogP contribution in [0.1, 0.15) is 6.92 Å². The van der Waals surface area contributed by atoms with E-state index in [-0.39, 0.29) is 12.1 Å². The van der Waals surface area contributed by atoms with E-state index in [1.807, 2.05) is 14.0 Å². The van der Waals surface area contributed by atoms with Crippen molar-refractivity contribution in [2.45, 2.75) is 19.1 Å². The molecule has 1 N–H and O–H groups in total. The number of rotatable bonds is 3. The molecule has 0 aromatic rings. The second-order valence-electron chi connectivity index (χ2n) is 3.10. The summed E-state index contributed by atoms with van der Waals surface area (Å²) in [6, 6.07) is 0.213. The van der Waals surface area contributed by atoms with Gasteiger partial charge in [0.15, 0.2) is 0 Å². The molecule has 2 atom stereocenters. The van der Waals surface area contributed by atoms with Crippen molar-refractivity contribution < 1.29 is 9.47 Å². The van der Waals surface area contributed by atoms with Gasteiger partial charge in [0.1, 0.15) is 0 Å². The third kappa shape index (κ3) is 2.30. The molecule has 0 bridgehead atoms. The molecule has 0 spiro atoms. The van der Waals surface area contributed by atoms with Gasteiger partial charge in [0, 0.05) is 0 Å². The molecule has 1 aliphatic heterocycles. The minimum absolute atomic E-state index is 0.126. The second-order valence-corrected chi connectivity index (χ2v) is 3.10. The average Bonchev–Trinajstić information content (AvgIpc) is 2.07. The first kappa shape index (κ1) is 9.71. The van der Waals surface area contributed by atoms with E-state index < -0.39 is 0 Å². The highest BCUT2D eigenvalue weighted by Crippen LogP contribution is 2.11. The quantitative estimate of drug-likeness (QED) is 0.630. The highest BCUT2D eigenvalue weighted by Gasteiger charge is 2.23. The van der Waals surface area contributed by atoms with Gasteiger partial charge in [0.25, 0.3) is 0 Å². The molecule has 0 radical (unpaired) electrons. The molecule has 12 heavy (non-hydrogen) atoms. The molecule has 0 aromatic carbocycles. The van der Waals surface area contributed by atoms with Crippen molar-refractivity contribution in [3.8, 4) is 0 Å². The molecule has 0 aromatic heterocycles. The Morgan fingerprint density at radius 2 is 2.33 bits per heavy atom. The molecule has 1 aliphatic rings. The normalized spacial score (nSPS) is 26.7. The van der Waals surface area contributed by atoms with Crippen molar-refractivity contribution in [3.05, 3.63) is 12.2 Å². The lowest BCUT2D eigenvalue weighted by atomic mass is 10.0. The van der Waals surface area contributed by atoms with Crippen LogP contribution in [0.2, 0.25) is 0 Å². The lowest BCUT2D eigenvalue weighted by Crippen LogP contribution is -2.45. The van der Waals surface area contributed by atoms with Crippen molar-refractivity contribution in [2.75, 3.05) is 26.9 Å². The Hall–Kier alpha value is -0.380. The van der Waals surface area contributed by atoms with Gasteiger partial charge in [-0.3, -0.25) is 0 Å². The van der Waals surface area contributed by atoms with Crippen molar-refractivity contribution >= 4 is 0 Å². The van der Waals surface area contributed by atoms with Crippen LogP contribution in [0.25, 0.3) is 0 Å². The van der Waals surface area contributed by atoms with Crippen LogP contribution >= 0.6 is 0 Å². The molecule has 1 rings (SSSR count). The summed E-state index contributed by atoms with van der Waals surface area (Å²) in [4.78, 5) is 0. The van der Waals surface area contributed by atoms with Gasteiger partial charge in [0.05, 0.1) is 32.0 Å². The number of hydrogen-bond donors (Lipinski definition) is 1. The van der Waals surface area contributed by atoms with Crippen molar-refractivity contribution in [3.63, 3.8) is 0 Å². The maximum Gasteiger partial charge on any atom is 0.1000 e. The maximum atomic E-state index is 5.54. The van der Waals surface area contributed by atoms with Crippen LogP contribution in [0.15, 0.2) is 12.2 Å². The van der Waals surface area contributed by atoms with Crippen molar-refractivity contribution in [1.82, 2.24) is 5.32 Å². The molecule has 1 saturated heterocycles. The maximum absolute atomic E-state index is 5.54. The van der Waals surface area contributed by atoms with Crippen LogP contribution in [-0.4, -0.2) is 39.0 Å². The third-order valence-electron chi connectivity index (χ3n) is 2.06. The zero-order valence-corrected chi connectivity index (χ0v) is 7.80. The van der Waals surface area contributed by atoms with Gasteiger partial charge in [-0.2, -0.15) is 0 Å². The fourth-order valence-electron chi connectivity index (χ4n) is 1.45. The Kier molecular flexibility index (Phi) is 3.72. The first-order valence-electron chi connectivity index (χ1n) is 4.27. The monoisotopic (exact) mass is 171 g/mol. The van der Waals surface area contributed by atoms with Crippen molar-refractivity contribution in [1.29, 1.82) is 0 Å². The predicted octanol–water partition coefficient (Wildman–Crippen LogP) is 0.566. The molecular formula is C9H17NO2. The summed E-state index contributed by atoms with van der Waals surface area (Å²) < 4.78 is 10.9. The Bertz CT molecular complexity index is 153.